The van der Waals surface area contributed by atoms with Gasteiger partial charge in [0.2, 0.25) is 0 Å². The molecule has 2 aromatic carbocycles. The van der Waals surface area contributed by atoms with Crippen LogP contribution in [-0.2, 0) is 6.54 Å². The first-order chi connectivity index (χ1) is 15.6. The number of aromatic nitrogens is 3. The summed E-state index contributed by atoms with van der Waals surface area (Å²) in [6.45, 7) is 2.30. The van der Waals surface area contributed by atoms with Gasteiger partial charge in [-0.05, 0) is 42.8 Å². The van der Waals surface area contributed by atoms with Gasteiger partial charge in [-0.25, -0.2) is 9.97 Å². The Kier molecular flexibility index (Phi) is 5.20. The maximum Gasteiger partial charge on any atom is 0.251 e. The molecule has 1 fully saturated rings. The molecule has 0 spiro atoms. The Labute approximate surface area is 185 Å². The van der Waals surface area contributed by atoms with Crippen LogP contribution in [0.5, 0.6) is 5.75 Å². The predicted molar refractivity (Wildman–Crippen MR) is 122 cm³/mol. The first kappa shape index (κ1) is 20.0. The fourth-order valence-electron chi connectivity index (χ4n) is 4.02. The smallest absolute Gasteiger partial charge is 0.251 e. The molecule has 1 aliphatic heterocycles. The zero-order valence-corrected chi connectivity index (χ0v) is 17.5. The maximum atomic E-state index is 12.5. The van der Waals surface area contributed by atoms with Crippen LogP contribution < -0.4 is 16.4 Å². The SMILES string of the molecule is Nc1ncc(-c2ccc(C(=O)NCc3ccc(O)cc3)cc2)n2cc(C3CCNC3)nc12. The Balaban J connectivity index is 1.36. The van der Waals surface area contributed by atoms with Gasteiger partial charge in [0.05, 0.1) is 17.6 Å². The molecule has 1 amide bonds. The standard InChI is InChI=1S/C24H24N6O2/c25-22-23-29-20(18-9-10-26-12-18)14-30(23)21(13-27-22)16-3-5-17(6-4-16)24(32)28-11-15-1-7-19(31)8-2-15/h1-8,13-14,18,26,31H,9-12H2,(H2,25,27)(H,28,32). The minimum absolute atomic E-state index is 0.163. The highest BCUT2D eigenvalue weighted by Crippen LogP contribution is 2.27. The molecule has 5 N–H and O–H groups in total. The summed E-state index contributed by atoms with van der Waals surface area (Å²) >= 11 is 0. The highest BCUT2D eigenvalue weighted by molar-refractivity contribution is 5.94. The lowest BCUT2D eigenvalue weighted by atomic mass is 10.1. The number of carbonyl (C=O) groups excluding carboxylic acids is 1. The van der Waals surface area contributed by atoms with Crippen molar-refractivity contribution in [2.24, 2.45) is 0 Å². The van der Waals surface area contributed by atoms with E-state index >= 15 is 0 Å². The summed E-state index contributed by atoms with van der Waals surface area (Å²) in [7, 11) is 0. The van der Waals surface area contributed by atoms with Crippen molar-refractivity contribution in [1.29, 1.82) is 0 Å². The number of anilines is 1. The van der Waals surface area contributed by atoms with Crippen molar-refractivity contribution < 1.29 is 9.90 Å². The Morgan fingerprint density at radius 1 is 1.19 bits per heavy atom. The molecule has 162 valence electrons. The number of amides is 1. The van der Waals surface area contributed by atoms with E-state index < -0.39 is 0 Å². The molecule has 1 atom stereocenters. The van der Waals surface area contributed by atoms with Crippen molar-refractivity contribution in [3.8, 4) is 17.0 Å². The number of aromatic hydroxyl groups is 1. The molecule has 1 saturated heterocycles. The summed E-state index contributed by atoms with van der Waals surface area (Å²) in [5.74, 6) is 0.814. The van der Waals surface area contributed by atoms with Crippen molar-refractivity contribution in [3.05, 3.63) is 77.7 Å². The third-order valence-electron chi connectivity index (χ3n) is 5.85. The Hall–Kier alpha value is -3.91. The summed E-state index contributed by atoms with van der Waals surface area (Å²) in [4.78, 5) is 21.6. The minimum atomic E-state index is -0.163. The molecule has 2 aromatic heterocycles. The zero-order chi connectivity index (χ0) is 22.1. The summed E-state index contributed by atoms with van der Waals surface area (Å²) in [6.07, 6.45) is 4.83. The first-order valence-corrected chi connectivity index (χ1v) is 10.6. The van der Waals surface area contributed by atoms with Crippen molar-refractivity contribution in [2.75, 3.05) is 18.8 Å². The second-order valence-corrected chi connectivity index (χ2v) is 8.00. The third kappa shape index (κ3) is 3.88. The van der Waals surface area contributed by atoms with E-state index in [2.05, 4.69) is 15.6 Å². The molecule has 8 nitrogen and oxygen atoms in total. The quantitative estimate of drug-likeness (QED) is 0.388. The highest BCUT2D eigenvalue weighted by Gasteiger charge is 2.21. The number of nitrogens with zero attached hydrogens (tertiary/aromatic N) is 3. The van der Waals surface area contributed by atoms with Crippen LogP contribution in [0, 0.1) is 0 Å². The highest BCUT2D eigenvalue weighted by atomic mass is 16.3. The molecule has 0 aliphatic carbocycles. The Bertz CT molecular complexity index is 1260. The predicted octanol–water partition coefficient (Wildman–Crippen LogP) is 2.69. The van der Waals surface area contributed by atoms with Gasteiger partial charge >= 0.3 is 0 Å². The van der Waals surface area contributed by atoms with Crippen molar-refractivity contribution in [1.82, 2.24) is 25.0 Å². The molecule has 0 bridgehead atoms. The van der Waals surface area contributed by atoms with E-state index in [9.17, 15) is 9.90 Å². The summed E-state index contributed by atoms with van der Waals surface area (Å²) in [6, 6.07) is 14.1. The topological polar surface area (TPSA) is 118 Å². The largest absolute Gasteiger partial charge is 0.508 e. The van der Waals surface area contributed by atoms with Gasteiger partial charge in [0.25, 0.3) is 5.91 Å². The van der Waals surface area contributed by atoms with Gasteiger partial charge in [0.15, 0.2) is 11.5 Å². The number of nitrogens with two attached hydrogens (primary N) is 1. The Morgan fingerprint density at radius 3 is 2.69 bits per heavy atom. The summed E-state index contributed by atoms with van der Waals surface area (Å²) in [5.41, 5.74) is 11.0. The number of nitrogens with one attached hydrogen (secondary N) is 2. The average molecular weight is 428 g/mol. The second-order valence-electron chi connectivity index (χ2n) is 8.00. The number of nitrogen functional groups attached to an aromatic ring is 1. The monoisotopic (exact) mass is 428 g/mol. The lowest BCUT2D eigenvalue weighted by Gasteiger charge is -2.09. The molecule has 5 rings (SSSR count). The van der Waals surface area contributed by atoms with Crippen molar-refractivity contribution in [3.63, 3.8) is 0 Å². The second kappa shape index (κ2) is 8.32. The molecule has 1 aliphatic rings. The zero-order valence-electron chi connectivity index (χ0n) is 17.5. The van der Waals surface area contributed by atoms with E-state index in [4.69, 9.17) is 10.7 Å². The number of carbonyl (C=O) groups is 1. The van der Waals surface area contributed by atoms with Gasteiger partial charge in [-0.3, -0.25) is 9.20 Å². The number of hydrogen-bond donors (Lipinski definition) is 4. The first-order valence-electron chi connectivity index (χ1n) is 10.6. The minimum Gasteiger partial charge on any atom is -0.508 e. The van der Waals surface area contributed by atoms with Crippen LogP contribution in [0.3, 0.4) is 0 Å². The van der Waals surface area contributed by atoms with E-state index in [-0.39, 0.29) is 11.7 Å². The number of phenols is 1. The molecular weight excluding hydrogens is 404 g/mol. The fourth-order valence-corrected chi connectivity index (χ4v) is 4.02. The van der Waals surface area contributed by atoms with E-state index in [1.807, 2.05) is 22.7 Å². The van der Waals surface area contributed by atoms with E-state index in [0.717, 1.165) is 42.0 Å². The number of hydrogen-bond acceptors (Lipinski definition) is 6. The molecule has 1 unspecified atom stereocenters. The number of imidazole rings is 1. The molecule has 0 saturated carbocycles. The van der Waals surface area contributed by atoms with Gasteiger partial charge in [-0.2, -0.15) is 0 Å². The number of rotatable bonds is 5. The van der Waals surface area contributed by atoms with E-state index in [1.165, 1.54) is 0 Å². The van der Waals surface area contributed by atoms with Crippen LogP contribution in [-0.4, -0.2) is 38.5 Å². The van der Waals surface area contributed by atoms with Crippen LogP contribution >= 0.6 is 0 Å². The molecule has 4 aromatic rings. The van der Waals surface area contributed by atoms with Crippen LogP contribution in [0.25, 0.3) is 16.9 Å². The van der Waals surface area contributed by atoms with Crippen molar-refractivity contribution >= 4 is 17.4 Å². The van der Waals surface area contributed by atoms with E-state index in [1.54, 1.807) is 42.6 Å². The molecular formula is C24H24N6O2. The summed E-state index contributed by atoms with van der Waals surface area (Å²) < 4.78 is 1.98. The van der Waals surface area contributed by atoms with E-state index in [0.29, 0.717) is 29.5 Å². The van der Waals surface area contributed by atoms with Crippen molar-refractivity contribution in [2.45, 2.75) is 18.9 Å². The normalized spacial score (nSPS) is 15.8. The van der Waals surface area contributed by atoms with Gasteiger partial charge in [-0.1, -0.05) is 24.3 Å². The summed E-state index contributed by atoms with van der Waals surface area (Å²) in [5, 5.41) is 15.6. The van der Waals surface area contributed by atoms with Crippen LogP contribution in [0.2, 0.25) is 0 Å². The van der Waals surface area contributed by atoms with Gasteiger partial charge in [0.1, 0.15) is 5.75 Å². The number of fused-ring (bicyclic) bond motifs is 1. The molecule has 0 radical (unpaired) electrons. The molecule has 8 heteroatoms. The lowest BCUT2D eigenvalue weighted by Crippen LogP contribution is -2.22. The molecule has 3 heterocycles. The fraction of sp³-hybridized carbons (Fsp3) is 0.208. The maximum absolute atomic E-state index is 12.5. The lowest BCUT2D eigenvalue weighted by molar-refractivity contribution is 0.0951. The van der Waals surface area contributed by atoms with Crippen LogP contribution in [0.15, 0.2) is 60.9 Å². The van der Waals surface area contributed by atoms with Gasteiger partial charge in [0, 0.05) is 36.3 Å². The third-order valence-corrected chi connectivity index (χ3v) is 5.85. The van der Waals surface area contributed by atoms with Crippen LogP contribution in [0.4, 0.5) is 5.82 Å². The number of phenolic OH excluding ortho intramolecular Hbond substituents is 1. The molecule has 32 heavy (non-hydrogen) atoms. The number of benzene rings is 2. The van der Waals surface area contributed by atoms with Crippen LogP contribution in [0.1, 0.15) is 34.0 Å². The average Bonchev–Trinajstić information content (AvgIpc) is 3.50. The Morgan fingerprint density at radius 2 is 1.97 bits per heavy atom. The van der Waals surface area contributed by atoms with Gasteiger partial charge < -0.3 is 21.5 Å². The van der Waals surface area contributed by atoms with Gasteiger partial charge in [-0.15, -0.1) is 0 Å².